The van der Waals surface area contributed by atoms with Crippen LogP contribution in [0.1, 0.15) is 37.4 Å². The van der Waals surface area contributed by atoms with Gasteiger partial charge in [-0.2, -0.15) is 0 Å². The van der Waals surface area contributed by atoms with Crippen molar-refractivity contribution in [3.63, 3.8) is 0 Å². The van der Waals surface area contributed by atoms with E-state index in [9.17, 15) is 14.4 Å². The second kappa shape index (κ2) is 11.5. The van der Waals surface area contributed by atoms with Gasteiger partial charge >= 0.3 is 0 Å². The number of anilines is 1. The van der Waals surface area contributed by atoms with Crippen LogP contribution in [0.5, 0.6) is 0 Å². The molecule has 4 N–H and O–H groups in total. The number of hydrogen-bond donors (Lipinski definition) is 4. The van der Waals surface area contributed by atoms with E-state index in [1.54, 1.807) is 42.5 Å². The van der Waals surface area contributed by atoms with Crippen molar-refractivity contribution in [1.29, 1.82) is 0 Å². The largest absolute Gasteiger partial charge is 0.322 e. The number of thiocarbonyl (C=S) groups is 1. The van der Waals surface area contributed by atoms with E-state index in [4.69, 9.17) is 12.2 Å². The van der Waals surface area contributed by atoms with Crippen LogP contribution in [0.3, 0.4) is 0 Å². The molecule has 0 aliphatic heterocycles. The lowest BCUT2D eigenvalue weighted by molar-refractivity contribution is -0.115. The lowest BCUT2D eigenvalue weighted by Crippen LogP contribution is -2.48. The molecule has 172 valence electrons. The SMILES string of the molecule is Cc1ccc(/C=C/C(=O)NC(=S)NNC(=O)c2ccc(NC(=O)c3cccc(C)c3)cc2)cc1. The number of rotatable bonds is 5. The van der Waals surface area contributed by atoms with Crippen LogP contribution in [0.25, 0.3) is 6.08 Å². The summed E-state index contributed by atoms with van der Waals surface area (Å²) in [4.78, 5) is 36.6. The van der Waals surface area contributed by atoms with Crippen molar-refractivity contribution in [3.05, 3.63) is 107 Å². The minimum atomic E-state index is -0.455. The first-order valence-electron chi connectivity index (χ1n) is 10.4. The number of benzene rings is 3. The maximum atomic E-state index is 12.3. The van der Waals surface area contributed by atoms with Gasteiger partial charge in [-0.15, -0.1) is 0 Å². The summed E-state index contributed by atoms with van der Waals surface area (Å²) >= 11 is 5.03. The van der Waals surface area contributed by atoms with Gasteiger partial charge in [0.1, 0.15) is 0 Å². The molecule has 0 aliphatic carbocycles. The van der Waals surface area contributed by atoms with Gasteiger partial charge in [-0.25, -0.2) is 0 Å². The Bertz CT molecular complexity index is 1240. The van der Waals surface area contributed by atoms with Crippen molar-refractivity contribution in [1.82, 2.24) is 16.2 Å². The smallest absolute Gasteiger partial charge is 0.269 e. The molecule has 8 heteroatoms. The van der Waals surface area contributed by atoms with Crippen molar-refractivity contribution in [2.75, 3.05) is 5.32 Å². The Morgan fingerprint density at radius 2 is 1.47 bits per heavy atom. The highest BCUT2D eigenvalue weighted by molar-refractivity contribution is 7.80. The second-order valence-electron chi connectivity index (χ2n) is 7.54. The Hall–Kier alpha value is -4.30. The lowest BCUT2D eigenvalue weighted by Gasteiger charge is -2.10. The van der Waals surface area contributed by atoms with Crippen molar-refractivity contribution in [2.24, 2.45) is 0 Å². The maximum Gasteiger partial charge on any atom is 0.269 e. The van der Waals surface area contributed by atoms with E-state index < -0.39 is 11.8 Å². The van der Waals surface area contributed by atoms with E-state index in [1.807, 2.05) is 50.2 Å². The van der Waals surface area contributed by atoms with Crippen LogP contribution in [0, 0.1) is 13.8 Å². The summed E-state index contributed by atoms with van der Waals surface area (Å²) in [5.74, 6) is -1.12. The van der Waals surface area contributed by atoms with Crippen LogP contribution in [-0.2, 0) is 4.79 Å². The van der Waals surface area contributed by atoms with Crippen LogP contribution >= 0.6 is 12.2 Å². The summed E-state index contributed by atoms with van der Waals surface area (Å²) < 4.78 is 0. The normalized spacial score (nSPS) is 10.4. The topological polar surface area (TPSA) is 99.3 Å². The van der Waals surface area contributed by atoms with Crippen molar-refractivity contribution >= 4 is 46.8 Å². The summed E-state index contributed by atoms with van der Waals surface area (Å²) in [7, 11) is 0. The molecule has 34 heavy (non-hydrogen) atoms. The maximum absolute atomic E-state index is 12.3. The summed E-state index contributed by atoms with van der Waals surface area (Å²) in [6.45, 7) is 3.90. The molecule has 0 saturated heterocycles. The Morgan fingerprint density at radius 1 is 0.765 bits per heavy atom. The van der Waals surface area contributed by atoms with E-state index in [-0.39, 0.29) is 11.0 Å². The molecule has 0 atom stereocenters. The molecule has 0 spiro atoms. The Balaban J connectivity index is 1.45. The van der Waals surface area contributed by atoms with Crippen LogP contribution in [0.15, 0.2) is 78.9 Å². The standard InChI is InChI=1S/C26H24N4O3S/c1-17-6-8-19(9-7-17)10-15-23(31)28-26(34)30-29-25(33)20-11-13-22(14-12-20)27-24(32)21-5-3-4-18(2)16-21/h3-16H,1-2H3,(H,27,32)(H,29,33)(H2,28,30,31,34)/b15-10+. The van der Waals surface area contributed by atoms with E-state index in [2.05, 4.69) is 21.5 Å². The molecular formula is C26H24N4O3S. The predicted octanol–water partition coefficient (Wildman–Crippen LogP) is 3.90. The minimum absolute atomic E-state index is 0.0473. The third-order valence-corrected chi connectivity index (χ3v) is 4.92. The zero-order valence-electron chi connectivity index (χ0n) is 18.7. The quantitative estimate of drug-likeness (QED) is 0.256. The third kappa shape index (κ3) is 7.39. The summed E-state index contributed by atoms with van der Waals surface area (Å²) in [6, 6.07) is 21.3. The summed E-state index contributed by atoms with van der Waals surface area (Å²) in [5, 5.41) is 5.19. The molecule has 3 rings (SSSR count). The Morgan fingerprint density at radius 3 is 2.15 bits per heavy atom. The van der Waals surface area contributed by atoms with E-state index in [0.29, 0.717) is 16.8 Å². The van der Waals surface area contributed by atoms with Gasteiger partial charge in [0.25, 0.3) is 11.8 Å². The molecule has 3 amide bonds. The average molecular weight is 473 g/mol. The number of amides is 3. The molecule has 0 aromatic heterocycles. The highest BCUT2D eigenvalue weighted by Gasteiger charge is 2.09. The molecule has 7 nitrogen and oxygen atoms in total. The van der Waals surface area contributed by atoms with Gasteiger partial charge < -0.3 is 5.32 Å². The molecule has 0 saturated carbocycles. The fourth-order valence-corrected chi connectivity index (χ4v) is 3.07. The first-order chi connectivity index (χ1) is 16.3. The second-order valence-corrected chi connectivity index (χ2v) is 7.95. The van der Waals surface area contributed by atoms with Crippen LogP contribution in [0.4, 0.5) is 5.69 Å². The first kappa shape index (κ1) is 24.3. The van der Waals surface area contributed by atoms with Crippen LogP contribution < -0.4 is 21.5 Å². The molecule has 0 radical (unpaired) electrons. The number of nitrogens with one attached hydrogen (secondary N) is 4. The summed E-state index contributed by atoms with van der Waals surface area (Å²) in [6.07, 6.45) is 3.01. The van der Waals surface area contributed by atoms with Gasteiger partial charge in [0, 0.05) is 22.9 Å². The monoisotopic (exact) mass is 472 g/mol. The van der Waals surface area contributed by atoms with Crippen molar-refractivity contribution < 1.29 is 14.4 Å². The molecule has 0 aliphatic rings. The van der Waals surface area contributed by atoms with E-state index in [0.717, 1.165) is 16.7 Å². The molecule has 0 heterocycles. The van der Waals surface area contributed by atoms with Gasteiger partial charge in [0.05, 0.1) is 0 Å². The number of carbonyl (C=O) groups excluding carboxylic acids is 3. The fourth-order valence-electron chi connectivity index (χ4n) is 2.91. The average Bonchev–Trinajstić information content (AvgIpc) is 2.82. The van der Waals surface area contributed by atoms with Crippen LogP contribution in [-0.4, -0.2) is 22.8 Å². The molecule has 0 unspecified atom stereocenters. The molecule has 0 bridgehead atoms. The number of hydrogen-bond acceptors (Lipinski definition) is 4. The Labute approximate surface area is 203 Å². The lowest BCUT2D eigenvalue weighted by atomic mass is 10.1. The van der Waals surface area contributed by atoms with Crippen molar-refractivity contribution in [3.8, 4) is 0 Å². The molecular weight excluding hydrogens is 448 g/mol. The van der Waals surface area contributed by atoms with E-state index in [1.165, 1.54) is 6.08 Å². The van der Waals surface area contributed by atoms with Gasteiger partial charge in [0.2, 0.25) is 5.91 Å². The molecule has 3 aromatic carbocycles. The predicted molar refractivity (Wildman–Crippen MR) is 137 cm³/mol. The van der Waals surface area contributed by atoms with Crippen LogP contribution in [0.2, 0.25) is 0 Å². The van der Waals surface area contributed by atoms with Gasteiger partial charge in [0.15, 0.2) is 5.11 Å². The van der Waals surface area contributed by atoms with Crippen molar-refractivity contribution in [2.45, 2.75) is 13.8 Å². The zero-order chi connectivity index (χ0) is 24.5. The first-order valence-corrected chi connectivity index (χ1v) is 10.8. The summed E-state index contributed by atoms with van der Waals surface area (Å²) in [5.41, 5.74) is 9.35. The van der Waals surface area contributed by atoms with E-state index >= 15 is 0 Å². The highest BCUT2D eigenvalue weighted by Crippen LogP contribution is 2.12. The number of aryl methyl sites for hydroxylation is 2. The third-order valence-electron chi connectivity index (χ3n) is 4.72. The Kier molecular flexibility index (Phi) is 8.26. The minimum Gasteiger partial charge on any atom is -0.322 e. The van der Waals surface area contributed by atoms with Gasteiger partial charge in [-0.05, 0) is 74.1 Å². The van der Waals surface area contributed by atoms with Gasteiger partial charge in [-0.3, -0.25) is 30.6 Å². The fraction of sp³-hybridized carbons (Fsp3) is 0.0769. The van der Waals surface area contributed by atoms with Gasteiger partial charge in [-0.1, -0.05) is 47.5 Å². The molecule has 0 fully saturated rings. The molecule has 3 aromatic rings. The zero-order valence-corrected chi connectivity index (χ0v) is 19.5. The highest BCUT2D eigenvalue weighted by atomic mass is 32.1. The number of carbonyl (C=O) groups is 3. The number of hydrazine groups is 1.